The third-order valence-corrected chi connectivity index (χ3v) is 3.70. The Kier molecular flexibility index (Phi) is 3.94. The highest BCUT2D eigenvalue weighted by Crippen LogP contribution is 2.37. The summed E-state index contributed by atoms with van der Waals surface area (Å²) < 4.78 is 32.2. The van der Waals surface area contributed by atoms with Gasteiger partial charge in [-0.15, -0.1) is 0 Å². The number of halogens is 2. The van der Waals surface area contributed by atoms with Crippen LogP contribution < -0.4 is 4.74 Å². The number of ether oxygens (including phenoxy) is 1. The van der Waals surface area contributed by atoms with E-state index in [1.807, 2.05) is 0 Å². The average Bonchev–Trinajstić information content (AvgIpc) is 2.42. The van der Waals surface area contributed by atoms with Gasteiger partial charge in [-0.1, -0.05) is 6.07 Å². The highest BCUT2D eigenvalue weighted by atomic mass is 19.2. The minimum absolute atomic E-state index is 0.00149. The van der Waals surface area contributed by atoms with E-state index in [-0.39, 0.29) is 17.6 Å². The first-order valence-electron chi connectivity index (χ1n) is 6.14. The number of carbonyl (C=O) groups excluding carboxylic acids is 1. The molecule has 18 heavy (non-hydrogen) atoms. The normalized spacial score (nSPS) is 23.7. The van der Waals surface area contributed by atoms with Crippen LogP contribution in [0.2, 0.25) is 0 Å². The fraction of sp³-hybridized carbons (Fsp3) is 0.500. The van der Waals surface area contributed by atoms with Gasteiger partial charge in [0.2, 0.25) is 5.82 Å². The molecule has 0 aromatic heterocycles. The molecule has 0 N–H and O–H groups in total. The lowest BCUT2D eigenvalue weighted by atomic mass is 9.79. The molecule has 0 saturated heterocycles. The Hall–Kier alpha value is -1.45. The van der Waals surface area contributed by atoms with Crippen molar-refractivity contribution in [2.75, 3.05) is 7.11 Å². The number of methoxy groups -OCH3 is 1. The van der Waals surface area contributed by atoms with Crippen LogP contribution in [-0.2, 0) is 4.79 Å². The summed E-state index contributed by atoms with van der Waals surface area (Å²) in [6.07, 6.45) is 3.92. The number of benzene rings is 1. The molecule has 0 amide bonds. The van der Waals surface area contributed by atoms with Crippen molar-refractivity contribution in [3.05, 3.63) is 29.3 Å². The number of rotatable bonds is 3. The average molecular weight is 254 g/mol. The summed E-state index contributed by atoms with van der Waals surface area (Å²) in [4.78, 5) is 10.7. The van der Waals surface area contributed by atoms with Crippen molar-refractivity contribution >= 4 is 6.29 Å². The maximum Gasteiger partial charge on any atom is 0.200 e. The molecule has 1 saturated carbocycles. The van der Waals surface area contributed by atoms with Gasteiger partial charge in [-0.25, -0.2) is 4.39 Å². The van der Waals surface area contributed by atoms with E-state index in [0.717, 1.165) is 32.0 Å². The molecule has 0 radical (unpaired) electrons. The second-order valence-electron chi connectivity index (χ2n) is 4.73. The molecule has 2 nitrogen and oxygen atoms in total. The second kappa shape index (κ2) is 5.46. The van der Waals surface area contributed by atoms with E-state index in [4.69, 9.17) is 4.74 Å². The van der Waals surface area contributed by atoms with Gasteiger partial charge < -0.3 is 9.53 Å². The van der Waals surface area contributed by atoms with Gasteiger partial charge >= 0.3 is 0 Å². The van der Waals surface area contributed by atoms with Crippen molar-refractivity contribution in [2.24, 2.45) is 5.92 Å². The lowest BCUT2D eigenvalue weighted by Gasteiger charge is -2.26. The van der Waals surface area contributed by atoms with Crippen LogP contribution in [0, 0.1) is 17.6 Å². The minimum Gasteiger partial charge on any atom is -0.494 e. The van der Waals surface area contributed by atoms with Crippen LogP contribution in [0.5, 0.6) is 5.75 Å². The molecule has 98 valence electrons. The van der Waals surface area contributed by atoms with Gasteiger partial charge in [-0.05, 0) is 43.2 Å². The lowest BCUT2D eigenvalue weighted by Crippen LogP contribution is -2.15. The molecule has 0 heterocycles. The van der Waals surface area contributed by atoms with Crippen LogP contribution in [0.25, 0.3) is 0 Å². The summed E-state index contributed by atoms with van der Waals surface area (Å²) in [6, 6.07) is 3.04. The van der Waals surface area contributed by atoms with Crippen molar-refractivity contribution in [3.63, 3.8) is 0 Å². The zero-order valence-electron chi connectivity index (χ0n) is 10.3. The third kappa shape index (κ3) is 2.37. The Morgan fingerprint density at radius 3 is 2.39 bits per heavy atom. The first-order chi connectivity index (χ1) is 8.67. The van der Waals surface area contributed by atoms with E-state index in [2.05, 4.69) is 0 Å². The maximum atomic E-state index is 13.9. The Balaban J connectivity index is 2.19. The van der Waals surface area contributed by atoms with E-state index in [1.165, 1.54) is 13.2 Å². The van der Waals surface area contributed by atoms with Gasteiger partial charge in [0.1, 0.15) is 6.29 Å². The maximum absolute atomic E-state index is 13.9. The molecule has 1 aromatic rings. The number of carbonyl (C=O) groups is 1. The van der Waals surface area contributed by atoms with Crippen molar-refractivity contribution in [2.45, 2.75) is 31.6 Å². The van der Waals surface area contributed by atoms with Gasteiger partial charge in [-0.2, -0.15) is 4.39 Å². The summed E-state index contributed by atoms with van der Waals surface area (Å²) in [5, 5.41) is 0. The molecule has 1 aliphatic rings. The molecule has 1 aromatic carbocycles. The highest BCUT2D eigenvalue weighted by molar-refractivity contribution is 5.53. The van der Waals surface area contributed by atoms with Crippen LogP contribution in [0.15, 0.2) is 12.1 Å². The Morgan fingerprint density at radius 1 is 1.17 bits per heavy atom. The Labute approximate surface area is 105 Å². The van der Waals surface area contributed by atoms with Crippen molar-refractivity contribution in [1.82, 2.24) is 0 Å². The van der Waals surface area contributed by atoms with Gasteiger partial charge in [0, 0.05) is 5.92 Å². The zero-order chi connectivity index (χ0) is 13.1. The van der Waals surface area contributed by atoms with Crippen LogP contribution in [0.3, 0.4) is 0 Å². The summed E-state index contributed by atoms with van der Waals surface area (Å²) in [5.41, 5.74) is 0.401. The van der Waals surface area contributed by atoms with Crippen LogP contribution in [-0.4, -0.2) is 13.4 Å². The van der Waals surface area contributed by atoms with E-state index in [0.29, 0.717) is 5.56 Å². The number of hydrogen-bond donors (Lipinski definition) is 0. The number of hydrogen-bond acceptors (Lipinski definition) is 2. The molecule has 0 unspecified atom stereocenters. The lowest BCUT2D eigenvalue weighted by molar-refractivity contribution is -0.111. The predicted molar refractivity (Wildman–Crippen MR) is 63.7 cm³/mol. The minimum atomic E-state index is -0.924. The largest absolute Gasteiger partial charge is 0.494 e. The third-order valence-electron chi connectivity index (χ3n) is 3.70. The molecular formula is C14H16F2O2. The van der Waals surface area contributed by atoms with Gasteiger partial charge in [0.25, 0.3) is 0 Å². The fourth-order valence-corrected chi connectivity index (χ4v) is 2.59. The van der Waals surface area contributed by atoms with E-state index >= 15 is 0 Å². The molecule has 0 spiro atoms. The second-order valence-corrected chi connectivity index (χ2v) is 4.73. The first-order valence-corrected chi connectivity index (χ1v) is 6.14. The van der Waals surface area contributed by atoms with Gasteiger partial charge in [0.05, 0.1) is 7.11 Å². The predicted octanol–water partition coefficient (Wildman–Crippen LogP) is 3.45. The zero-order valence-corrected chi connectivity index (χ0v) is 10.3. The molecule has 0 atom stereocenters. The Morgan fingerprint density at radius 2 is 1.83 bits per heavy atom. The summed E-state index contributed by atoms with van der Waals surface area (Å²) in [7, 11) is 1.31. The first kappa shape index (κ1) is 13.0. The standard InChI is InChI=1S/C14H16F2O2/c1-18-12-7-6-11(13(15)14(12)16)10-4-2-9(8-17)3-5-10/h6-10H,2-5H2,1H3/t9-,10-. The van der Waals surface area contributed by atoms with Crippen molar-refractivity contribution < 1.29 is 18.3 Å². The topological polar surface area (TPSA) is 26.3 Å². The Bertz CT molecular complexity index is 438. The van der Waals surface area contributed by atoms with Crippen LogP contribution >= 0.6 is 0 Å². The molecule has 4 heteroatoms. The van der Waals surface area contributed by atoms with Gasteiger partial charge in [0.15, 0.2) is 11.6 Å². The molecule has 1 fully saturated rings. The van der Waals surface area contributed by atoms with E-state index in [9.17, 15) is 13.6 Å². The van der Waals surface area contributed by atoms with E-state index in [1.54, 1.807) is 6.07 Å². The van der Waals surface area contributed by atoms with Crippen molar-refractivity contribution in [1.29, 1.82) is 0 Å². The van der Waals surface area contributed by atoms with Crippen LogP contribution in [0.1, 0.15) is 37.2 Å². The molecule has 0 bridgehead atoms. The molecule has 2 rings (SSSR count). The van der Waals surface area contributed by atoms with Crippen LogP contribution in [0.4, 0.5) is 8.78 Å². The quantitative estimate of drug-likeness (QED) is 0.772. The fourth-order valence-electron chi connectivity index (χ4n) is 2.59. The summed E-state index contributed by atoms with van der Waals surface area (Å²) in [5.74, 6) is -1.73. The molecule has 0 aliphatic heterocycles. The summed E-state index contributed by atoms with van der Waals surface area (Å²) >= 11 is 0. The van der Waals surface area contributed by atoms with Gasteiger partial charge in [-0.3, -0.25) is 0 Å². The van der Waals surface area contributed by atoms with Crippen molar-refractivity contribution in [3.8, 4) is 5.75 Å². The monoisotopic (exact) mass is 254 g/mol. The molecular weight excluding hydrogens is 238 g/mol. The number of aldehydes is 1. The smallest absolute Gasteiger partial charge is 0.200 e. The summed E-state index contributed by atoms with van der Waals surface area (Å²) in [6.45, 7) is 0. The van der Waals surface area contributed by atoms with E-state index < -0.39 is 11.6 Å². The molecule has 1 aliphatic carbocycles. The SMILES string of the molecule is COc1ccc([C@H]2CC[C@H](C=O)CC2)c(F)c1F. The highest BCUT2D eigenvalue weighted by Gasteiger charge is 2.26.